The van der Waals surface area contributed by atoms with E-state index in [4.69, 9.17) is 0 Å². The van der Waals surface area contributed by atoms with E-state index in [1.54, 1.807) is 6.08 Å². The van der Waals surface area contributed by atoms with Crippen LogP contribution in [0.3, 0.4) is 0 Å². The summed E-state index contributed by atoms with van der Waals surface area (Å²) < 4.78 is 0. The first-order valence-electron chi connectivity index (χ1n) is 8.50. The van der Waals surface area contributed by atoms with Crippen molar-refractivity contribution in [3.63, 3.8) is 0 Å². The predicted molar refractivity (Wildman–Crippen MR) is 90.9 cm³/mol. The molecule has 1 aromatic rings. The van der Waals surface area contributed by atoms with E-state index in [2.05, 4.69) is 12.2 Å². The predicted octanol–water partition coefficient (Wildman–Crippen LogP) is 2.85. The summed E-state index contributed by atoms with van der Waals surface area (Å²) in [5.41, 5.74) is 1.61. The highest BCUT2D eigenvalue weighted by Gasteiger charge is 2.23. The third-order valence-corrected chi connectivity index (χ3v) is 4.60. The van der Waals surface area contributed by atoms with E-state index < -0.39 is 0 Å². The zero-order valence-electron chi connectivity index (χ0n) is 13.6. The van der Waals surface area contributed by atoms with Crippen molar-refractivity contribution in [2.24, 2.45) is 5.92 Å². The van der Waals surface area contributed by atoms with Gasteiger partial charge in [0.25, 0.3) is 5.91 Å². The van der Waals surface area contributed by atoms with Crippen LogP contribution in [0.4, 0.5) is 0 Å². The average molecular weight is 312 g/mol. The van der Waals surface area contributed by atoms with Crippen LogP contribution in [0.25, 0.3) is 6.08 Å². The molecule has 1 heterocycles. The lowest BCUT2D eigenvalue weighted by Gasteiger charge is -2.29. The van der Waals surface area contributed by atoms with Gasteiger partial charge in [-0.25, -0.2) is 0 Å². The van der Waals surface area contributed by atoms with Gasteiger partial charge in [-0.1, -0.05) is 19.1 Å². The van der Waals surface area contributed by atoms with Gasteiger partial charge in [0.05, 0.1) is 0 Å². The van der Waals surface area contributed by atoms with E-state index in [-0.39, 0.29) is 11.8 Å². The van der Waals surface area contributed by atoms with Crippen molar-refractivity contribution in [2.75, 3.05) is 13.1 Å². The van der Waals surface area contributed by atoms with E-state index in [1.807, 2.05) is 35.2 Å². The summed E-state index contributed by atoms with van der Waals surface area (Å²) in [6.07, 6.45) is 7.81. The maximum Gasteiger partial charge on any atom is 0.251 e. The number of benzene rings is 1. The molecule has 4 nitrogen and oxygen atoms in total. The maximum atomic E-state index is 12.2. The third kappa shape index (κ3) is 4.44. The fourth-order valence-electron chi connectivity index (χ4n) is 2.74. The van der Waals surface area contributed by atoms with Crippen molar-refractivity contribution in [1.82, 2.24) is 10.2 Å². The first kappa shape index (κ1) is 15.8. The van der Waals surface area contributed by atoms with Gasteiger partial charge in [-0.15, -0.1) is 0 Å². The zero-order chi connectivity index (χ0) is 16.2. The van der Waals surface area contributed by atoms with Gasteiger partial charge in [0.1, 0.15) is 0 Å². The van der Waals surface area contributed by atoms with Gasteiger partial charge in [0, 0.05) is 30.8 Å². The van der Waals surface area contributed by atoms with E-state index >= 15 is 0 Å². The van der Waals surface area contributed by atoms with Crippen LogP contribution < -0.4 is 5.32 Å². The average Bonchev–Trinajstić information content (AvgIpc) is 3.37. The Kier molecular flexibility index (Phi) is 4.79. The van der Waals surface area contributed by atoms with Crippen molar-refractivity contribution in [3.8, 4) is 0 Å². The summed E-state index contributed by atoms with van der Waals surface area (Å²) in [4.78, 5) is 26.0. The van der Waals surface area contributed by atoms with Crippen LogP contribution in [-0.2, 0) is 4.79 Å². The topological polar surface area (TPSA) is 49.4 Å². The highest BCUT2D eigenvalue weighted by Crippen LogP contribution is 2.19. The number of carbonyl (C=O) groups excluding carboxylic acids is 2. The summed E-state index contributed by atoms with van der Waals surface area (Å²) >= 11 is 0. The Bertz CT molecular complexity index is 594. The molecular weight excluding hydrogens is 288 g/mol. The van der Waals surface area contributed by atoms with Gasteiger partial charge in [-0.3, -0.25) is 9.59 Å². The molecular formula is C19H24N2O2. The van der Waals surface area contributed by atoms with E-state index in [1.165, 1.54) is 0 Å². The van der Waals surface area contributed by atoms with Crippen LogP contribution in [0.2, 0.25) is 0 Å². The number of likely N-dealkylation sites (tertiary alicyclic amines) is 1. The van der Waals surface area contributed by atoms with Crippen molar-refractivity contribution in [1.29, 1.82) is 0 Å². The van der Waals surface area contributed by atoms with Crippen molar-refractivity contribution in [3.05, 3.63) is 41.5 Å². The molecule has 1 saturated heterocycles. The molecule has 1 aromatic carbocycles. The molecule has 122 valence electrons. The van der Waals surface area contributed by atoms with Crippen molar-refractivity contribution < 1.29 is 9.59 Å². The standard InChI is InChI=1S/C19H24N2O2/c1-14-10-12-21(13-11-14)18(22)9-4-15-2-5-16(6-3-15)19(23)20-17-7-8-17/h2-6,9,14,17H,7-8,10-13H2,1H3,(H,20,23)/b9-4+. The minimum absolute atomic E-state index is 0.0125. The summed E-state index contributed by atoms with van der Waals surface area (Å²) in [5, 5.41) is 2.97. The Labute approximate surface area is 137 Å². The van der Waals surface area contributed by atoms with Crippen LogP contribution in [-0.4, -0.2) is 35.8 Å². The second-order valence-corrected chi connectivity index (χ2v) is 6.71. The fourth-order valence-corrected chi connectivity index (χ4v) is 2.74. The number of rotatable bonds is 4. The summed E-state index contributed by atoms with van der Waals surface area (Å²) in [5.74, 6) is 0.784. The summed E-state index contributed by atoms with van der Waals surface area (Å²) in [6, 6.07) is 7.75. The Hall–Kier alpha value is -2.10. The smallest absolute Gasteiger partial charge is 0.251 e. The molecule has 1 aliphatic carbocycles. The maximum absolute atomic E-state index is 12.2. The first-order chi connectivity index (χ1) is 11.1. The monoisotopic (exact) mass is 312 g/mol. The Morgan fingerprint density at radius 2 is 1.74 bits per heavy atom. The van der Waals surface area contributed by atoms with E-state index in [0.717, 1.165) is 50.3 Å². The minimum Gasteiger partial charge on any atom is -0.349 e. The molecule has 4 heteroatoms. The molecule has 0 atom stereocenters. The van der Waals surface area contributed by atoms with Crippen LogP contribution in [0.15, 0.2) is 30.3 Å². The van der Waals surface area contributed by atoms with Gasteiger partial charge in [0.15, 0.2) is 0 Å². The van der Waals surface area contributed by atoms with Gasteiger partial charge in [-0.05, 0) is 55.4 Å². The molecule has 1 saturated carbocycles. The number of carbonyl (C=O) groups is 2. The second kappa shape index (κ2) is 6.99. The molecule has 0 bridgehead atoms. The second-order valence-electron chi connectivity index (χ2n) is 6.71. The van der Waals surface area contributed by atoms with Crippen LogP contribution in [0.1, 0.15) is 48.5 Å². The number of hydrogen-bond acceptors (Lipinski definition) is 2. The minimum atomic E-state index is -0.0125. The molecule has 1 N–H and O–H groups in total. The highest BCUT2D eigenvalue weighted by atomic mass is 16.2. The summed E-state index contributed by atoms with van der Waals surface area (Å²) in [7, 11) is 0. The highest BCUT2D eigenvalue weighted by molar-refractivity contribution is 5.95. The molecule has 0 aromatic heterocycles. The fraction of sp³-hybridized carbons (Fsp3) is 0.474. The first-order valence-corrected chi connectivity index (χ1v) is 8.50. The zero-order valence-corrected chi connectivity index (χ0v) is 13.6. The van der Waals surface area contributed by atoms with Gasteiger partial charge >= 0.3 is 0 Å². The van der Waals surface area contributed by atoms with Crippen LogP contribution in [0.5, 0.6) is 0 Å². The van der Waals surface area contributed by atoms with Crippen LogP contribution in [0, 0.1) is 5.92 Å². The molecule has 0 radical (unpaired) electrons. The van der Waals surface area contributed by atoms with Crippen molar-refractivity contribution in [2.45, 2.75) is 38.6 Å². The lowest BCUT2D eigenvalue weighted by atomic mass is 9.99. The number of amides is 2. The molecule has 0 spiro atoms. The summed E-state index contributed by atoms with van der Waals surface area (Å²) in [6.45, 7) is 3.94. The lowest BCUT2D eigenvalue weighted by molar-refractivity contribution is -0.127. The Balaban J connectivity index is 1.54. The van der Waals surface area contributed by atoms with Gasteiger partial charge in [-0.2, -0.15) is 0 Å². The van der Waals surface area contributed by atoms with E-state index in [9.17, 15) is 9.59 Å². The Morgan fingerprint density at radius 3 is 2.35 bits per heavy atom. The van der Waals surface area contributed by atoms with Crippen molar-refractivity contribution >= 4 is 17.9 Å². The number of nitrogens with zero attached hydrogens (tertiary/aromatic N) is 1. The molecule has 2 fully saturated rings. The molecule has 23 heavy (non-hydrogen) atoms. The number of nitrogens with one attached hydrogen (secondary N) is 1. The van der Waals surface area contributed by atoms with E-state index in [0.29, 0.717) is 11.6 Å². The molecule has 0 unspecified atom stereocenters. The molecule has 2 aliphatic rings. The molecule has 2 amide bonds. The SMILES string of the molecule is CC1CCN(C(=O)/C=C/c2ccc(C(=O)NC3CC3)cc2)CC1. The number of hydrogen-bond donors (Lipinski definition) is 1. The normalized spacial score (nSPS) is 19.1. The molecule has 3 rings (SSSR count). The third-order valence-electron chi connectivity index (χ3n) is 4.60. The largest absolute Gasteiger partial charge is 0.349 e. The Morgan fingerprint density at radius 1 is 1.09 bits per heavy atom. The van der Waals surface area contributed by atoms with Crippen LogP contribution >= 0.6 is 0 Å². The molecule has 1 aliphatic heterocycles. The van der Waals surface area contributed by atoms with Gasteiger partial charge < -0.3 is 10.2 Å². The number of piperidine rings is 1. The quantitative estimate of drug-likeness (QED) is 0.869. The lowest BCUT2D eigenvalue weighted by Crippen LogP contribution is -2.36. The van der Waals surface area contributed by atoms with Gasteiger partial charge in [0.2, 0.25) is 5.91 Å².